The number of carbonyl (C=O) groups is 1. The Morgan fingerprint density at radius 1 is 1.44 bits per heavy atom. The lowest BCUT2D eigenvalue weighted by atomic mass is 9.72. The third-order valence-corrected chi connectivity index (χ3v) is 3.39. The molecule has 86 valence electrons. The number of hydrogen-bond acceptors (Lipinski definition) is 2. The molecule has 16 heavy (non-hydrogen) atoms. The summed E-state index contributed by atoms with van der Waals surface area (Å²) < 4.78 is 0. The fraction of sp³-hybridized carbons (Fsp3) is 0.364. The molecular formula is C11H14ClN3O. The number of nitrogens with two attached hydrogens (primary N) is 2. The molecule has 1 aromatic carbocycles. The van der Waals surface area contributed by atoms with Crippen molar-refractivity contribution in [1.29, 1.82) is 0 Å². The first-order valence-electron chi connectivity index (χ1n) is 5.17. The molecule has 0 saturated heterocycles. The van der Waals surface area contributed by atoms with Crippen molar-refractivity contribution in [2.75, 3.05) is 5.73 Å². The van der Waals surface area contributed by atoms with Crippen LogP contribution in [0.4, 0.5) is 10.5 Å². The quantitative estimate of drug-likeness (QED) is 0.690. The zero-order valence-corrected chi connectivity index (χ0v) is 9.55. The van der Waals surface area contributed by atoms with E-state index in [0.29, 0.717) is 10.7 Å². The van der Waals surface area contributed by atoms with Crippen molar-refractivity contribution in [2.45, 2.75) is 24.8 Å². The van der Waals surface area contributed by atoms with Gasteiger partial charge in [-0.3, -0.25) is 0 Å². The highest BCUT2D eigenvalue weighted by atomic mass is 35.5. The molecule has 1 aliphatic rings. The van der Waals surface area contributed by atoms with E-state index >= 15 is 0 Å². The SMILES string of the molecule is NC(=O)NC1(c2ccc(N)cc2Cl)CCC1. The van der Waals surface area contributed by atoms with Gasteiger partial charge in [-0.05, 0) is 37.0 Å². The second-order valence-electron chi connectivity index (χ2n) is 4.16. The number of hydrogen-bond donors (Lipinski definition) is 3. The van der Waals surface area contributed by atoms with E-state index in [1.165, 1.54) is 0 Å². The lowest BCUT2D eigenvalue weighted by molar-refractivity contribution is 0.183. The predicted octanol–water partition coefficient (Wildman–Crippen LogP) is 1.97. The summed E-state index contributed by atoms with van der Waals surface area (Å²) in [7, 11) is 0. The average molecular weight is 240 g/mol. The molecule has 0 aliphatic heterocycles. The number of carbonyl (C=O) groups excluding carboxylic acids is 1. The summed E-state index contributed by atoms with van der Waals surface area (Å²) in [5.74, 6) is 0. The van der Waals surface area contributed by atoms with E-state index in [4.69, 9.17) is 23.1 Å². The molecule has 0 unspecified atom stereocenters. The highest BCUT2D eigenvalue weighted by molar-refractivity contribution is 6.31. The van der Waals surface area contributed by atoms with Crippen LogP contribution in [-0.2, 0) is 5.54 Å². The third kappa shape index (κ3) is 1.80. The summed E-state index contributed by atoms with van der Waals surface area (Å²) in [5.41, 5.74) is 11.9. The van der Waals surface area contributed by atoms with Crippen LogP contribution in [0, 0.1) is 0 Å². The van der Waals surface area contributed by atoms with Crippen LogP contribution in [-0.4, -0.2) is 6.03 Å². The molecule has 1 saturated carbocycles. The molecule has 5 heteroatoms. The maximum Gasteiger partial charge on any atom is 0.312 e. The van der Waals surface area contributed by atoms with Crippen LogP contribution < -0.4 is 16.8 Å². The molecule has 0 aromatic heterocycles. The van der Waals surface area contributed by atoms with Crippen LogP contribution in [0.25, 0.3) is 0 Å². The van der Waals surface area contributed by atoms with E-state index in [-0.39, 0.29) is 0 Å². The minimum absolute atomic E-state index is 0.392. The topological polar surface area (TPSA) is 81.1 Å². The van der Waals surface area contributed by atoms with Gasteiger partial charge in [-0.2, -0.15) is 0 Å². The Labute approximate surface area is 98.9 Å². The monoisotopic (exact) mass is 239 g/mol. The van der Waals surface area contributed by atoms with E-state index in [1.54, 1.807) is 12.1 Å². The lowest BCUT2D eigenvalue weighted by Gasteiger charge is -2.43. The van der Waals surface area contributed by atoms with Crippen LogP contribution in [0.3, 0.4) is 0 Å². The van der Waals surface area contributed by atoms with Crippen molar-refractivity contribution in [1.82, 2.24) is 5.32 Å². The number of nitrogens with one attached hydrogen (secondary N) is 1. The number of nitrogen functional groups attached to an aromatic ring is 1. The number of rotatable bonds is 2. The number of primary amides is 1. The minimum Gasteiger partial charge on any atom is -0.399 e. The molecule has 2 rings (SSSR count). The molecule has 4 nitrogen and oxygen atoms in total. The maximum absolute atomic E-state index is 11.0. The van der Waals surface area contributed by atoms with Gasteiger partial charge in [-0.15, -0.1) is 0 Å². The molecule has 0 bridgehead atoms. The van der Waals surface area contributed by atoms with E-state index < -0.39 is 11.6 Å². The van der Waals surface area contributed by atoms with Crippen LogP contribution in [0.15, 0.2) is 18.2 Å². The fourth-order valence-corrected chi connectivity index (χ4v) is 2.52. The summed E-state index contributed by atoms with van der Waals surface area (Å²) in [5, 5.41) is 3.36. The Kier molecular flexibility index (Phi) is 2.68. The standard InChI is InChI=1S/C11H14ClN3O/c12-9-6-7(13)2-3-8(9)11(4-1-5-11)15-10(14)16/h2-3,6H,1,4-5,13H2,(H3,14,15,16). The zero-order chi connectivity index (χ0) is 11.8. The highest BCUT2D eigenvalue weighted by Crippen LogP contribution is 2.44. The van der Waals surface area contributed by atoms with Crippen molar-refractivity contribution >= 4 is 23.3 Å². The summed E-state index contributed by atoms with van der Waals surface area (Å²) in [6.45, 7) is 0. The van der Waals surface area contributed by atoms with E-state index in [9.17, 15) is 4.79 Å². The summed E-state index contributed by atoms with van der Waals surface area (Å²) in [6, 6.07) is 4.81. The van der Waals surface area contributed by atoms with E-state index in [2.05, 4.69) is 5.32 Å². The van der Waals surface area contributed by atoms with Gasteiger partial charge in [0.2, 0.25) is 0 Å². The Balaban J connectivity index is 2.36. The normalized spacial score (nSPS) is 17.6. The lowest BCUT2D eigenvalue weighted by Crippen LogP contribution is -2.52. The van der Waals surface area contributed by atoms with Crippen LogP contribution >= 0.6 is 11.6 Å². The van der Waals surface area contributed by atoms with Crippen LogP contribution in [0.1, 0.15) is 24.8 Å². The van der Waals surface area contributed by atoms with Gasteiger partial charge in [0.1, 0.15) is 0 Å². The van der Waals surface area contributed by atoms with Crippen molar-refractivity contribution < 1.29 is 4.79 Å². The van der Waals surface area contributed by atoms with E-state index in [1.807, 2.05) is 6.07 Å². The first kappa shape index (κ1) is 11.1. The smallest absolute Gasteiger partial charge is 0.312 e. The van der Waals surface area contributed by atoms with Gasteiger partial charge >= 0.3 is 6.03 Å². The number of amides is 2. The number of urea groups is 1. The highest BCUT2D eigenvalue weighted by Gasteiger charge is 2.41. The first-order chi connectivity index (χ1) is 7.53. The van der Waals surface area contributed by atoms with Crippen LogP contribution in [0.5, 0.6) is 0 Å². The van der Waals surface area contributed by atoms with Crippen molar-refractivity contribution in [3.8, 4) is 0 Å². The second-order valence-corrected chi connectivity index (χ2v) is 4.57. The van der Waals surface area contributed by atoms with Crippen molar-refractivity contribution in [2.24, 2.45) is 5.73 Å². The Hall–Kier alpha value is -1.42. The Morgan fingerprint density at radius 2 is 2.12 bits per heavy atom. The number of benzene rings is 1. The fourth-order valence-electron chi connectivity index (χ4n) is 2.15. The van der Waals surface area contributed by atoms with Gasteiger partial charge in [0.05, 0.1) is 5.54 Å². The molecule has 0 atom stereocenters. The molecule has 0 heterocycles. The van der Waals surface area contributed by atoms with Crippen molar-refractivity contribution in [3.05, 3.63) is 28.8 Å². The molecule has 5 N–H and O–H groups in total. The maximum atomic E-state index is 11.0. The molecule has 1 fully saturated rings. The number of halogens is 1. The largest absolute Gasteiger partial charge is 0.399 e. The van der Waals surface area contributed by atoms with E-state index in [0.717, 1.165) is 24.8 Å². The molecule has 1 aliphatic carbocycles. The summed E-state index contributed by atoms with van der Waals surface area (Å²) >= 11 is 6.14. The predicted molar refractivity (Wildman–Crippen MR) is 64.1 cm³/mol. The van der Waals surface area contributed by atoms with Crippen molar-refractivity contribution in [3.63, 3.8) is 0 Å². The molecule has 2 amide bonds. The summed E-state index contributed by atoms with van der Waals surface area (Å²) in [6.07, 6.45) is 2.78. The van der Waals surface area contributed by atoms with Gasteiger partial charge in [-0.1, -0.05) is 17.7 Å². The van der Waals surface area contributed by atoms with Gasteiger partial charge < -0.3 is 16.8 Å². The van der Waals surface area contributed by atoms with Crippen LogP contribution in [0.2, 0.25) is 5.02 Å². The summed E-state index contributed by atoms with van der Waals surface area (Å²) in [4.78, 5) is 11.0. The second kappa shape index (κ2) is 3.87. The van der Waals surface area contributed by atoms with Gasteiger partial charge in [0.15, 0.2) is 0 Å². The van der Waals surface area contributed by atoms with Gasteiger partial charge in [0, 0.05) is 10.7 Å². The number of anilines is 1. The van der Waals surface area contributed by atoms with Gasteiger partial charge in [-0.25, -0.2) is 4.79 Å². The third-order valence-electron chi connectivity index (χ3n) is 3.08. The molecule has 0 spiro atoms. The molecule has 0 radical (unpaired) electrons. The average Bonchev–Trinajstić information content (AvgIpc) is 2.12. The first-order valence-corrected chi connectivity index (χ1v) is 5.54. The Morgan fingerprint density at radius 3 is 2.56 bits per heavy atom. The minimum atomic E-state index is -0.521. The Bertz CT molecular complexity index is 429. The zero-order valence-electron chi connectivity index (χ0n) is 8.79. The van der Waals surface area contributed by atoms with Gasteiger partial charge in [0.25, 0.3) is 0 Å². The molecular weight excluding hydrogens is 226 g/mol. The molecule has 1 aromatic rings.